The predicted molar refractivity (Wildman–Crippen MR) is 144 cm³/mol. The molecular formula is C28H29ClN2O4S. The number of nitrogens with one attached hydrogen (secondary N) is 1. The zero-order valence-electron chi connectivity index (χ0n) is 20.3. The molecule has 2 N–H and O–H groups in total. The Morgan fingerprint density at radius 3 is 2.33 bits per heavy atom. The van der Waals surface area contributed by atoms with Gasteiger partial charge >= 0.3 is 0 Å². The minimum atomic E-state index is -2.03. The number of hydrogen-bond donors (Lipinski definition) is 2. The maximum Gasteiger partial charge on any atom is 0.253 e. The Bertz CT molecular complexity index is 1300. The van der Waals surface area contributed by atoms with Crippen molar-refractivity contribution in [2.24, 2.45) is 0 Å². The number of likely N-dealkylation sites (tertiary alicyclic amines) is 1. The van der Waals surface area contributed by atoms with Gasteiger partial charge in [-0.25, -0.2) is 4.21 Å². The Balaban J connectivity index is 1.64. The first-order valence-corrected chi connectivity index (χ1v) is 13.5. The Morgan fingerprint density at radius 2 is 1.67 bits per heavy atom. The maximum absolute atomic E-state index is 13.3. The molecule has 6 nitrogen and oxygen atoms in total. The lowest BCUT2D eigenvalue weighted by atomic mass is 9.97. The molecule has 188 valence electrons. The summed E-state index contributed by atoms with van der Waals surface area (Å²) >= 11 is 4.14. The van der Waals surface area contributed by atoms with Crippen molar-refractivity contribution in [2.45, 2.75) is 38.5 Å². The number of halogens is 1. The van der Waals surface area contributed by atoms with Crippen LogP contribution in [-0.4, -0.2) is 38.6 Å². The number of carbonyl (C=O) groups excluding carboxylic acids is 2. The van der Waals surface area contributed by atoms with E-state index in [4.69, 9.17) is 11.6 Å². The first-order chi connectivity index (χ1) is 17.2. The van der Waals surface area contributed by atoms with Crippen LogP contribution >= 0.6 is 11.6 Å². The minimum Gasteiger partial charge on any atom is -0.346 e. The summed E-state index contributed by atoms with van der Waals surface area (Å²) < 4.78 is 20.5. The number of nitrogens with zero attached hydrogens (tertiary/aromatic N) is 1. The molecule has 2 atom stereocenters. The van der Waals surface area contributed by atoms with Crippen LogP contribution < -0.4 is 5.32 Å². The first-order valence-electron chi connectivity index (χ1n) is 11.9. The zero-order chi connectivity index (χ0) is 25.8. The van der Waals surface area contributed by atoms with Gasteiger partial charge in [0.15, 0.2) is 11.1 Å². The van der Waals surface area contributed by atoms with Gasteiger partial charge < -0.3 is 14.8 Å². The van der Waals surface area contributed by atoms with Gasteiger partial charge in [0.2, 0.25) is 0 Å². The predicted octanol–water partition coefficient (Wildman–Crippen LogP) is 5.76. The Labute approximate surface area is 219 Å². The molecule has 3 aromatic rings. The SMILES string of the molecule is Cc1ccc(-c2cc(C(=O)NC(C)c3ccc(Cl)c(CS(=O)O)c3)cc(C(=O)N3CCCC3)c2)cc1. The summed E-state index contributed by atoms with van der Waals surface area (Å²) in [5, 5.41) is 3.39. The topological polar surface area (TPSA) is 86.7 Å². The summed E-state index contributed by atoms with van der Waals surface area (Å²) in [6.07, 6.45) is 1.97. The molecule has 1 saturated heterocycles. The van der Waals surface area contributed by atoms with E-state index < -0.39 is 11.1 Å². The molecule has 0 aliphatic carbocycles. The number of aryl methyl sites for hydroxylation is 1. The molecule has 3 aromatic carbocycles. The second kappa shape index (κ2) is 11.4. The minimum absolute atomic E-state index is 0.0668. The smallest absolute Gasteiger partial charge is 0.253 e. The van der Waals surface area contributed by atoms with Crippen molar-refractivity contribution in [3.63, 3.8) is 0 Å². The zero-order valence-corrected chi connectivity index (χ0v) is 21.9. The van der Waals surface area contributed by atoms with Crippen LogP contribution in [0.2, 0.25) is 5.02 Å². The van der Waals surface area contributed by atoms with Crippen molar-refractivity contribution in [1.29, 1.82) is 0 Å². The lowest BCUT2D eigenvalue weighted by Crippen LogP contribution is -2.29. The lowest BCUT2D eigenvalue weighted by Gasteiger charge is -2.19. The fraction of sp³-hybridized carbons (Fsp3) is 0.286. The van der Waals surface area contributed by atoms with Crippen molar-refractivity contribution in [3.8, 4) is 11.1 Å². The van der Waals surface area contributed by atoms with E-state index in [0.717, 1.165) is 48.2 Å². The first kappa shape index (κ1) is 26.1. The van der Waals surface area contributed by atoms with E-state index in [9.17, 15) is 18.4 Å². The summed E-state index contributed by atoms with van der Waals surface area (Å²) in [6.45, 7) is 5.30. The summed E-state index contributed by atoms with van der Waals surface area (Å²) in [5.74, 6) is -0.467. The average Bonchev–Trinajstić information content (AvgIpc) is 3.40. The van der Waals surface area contributed by atoms with Gasteiger partial charge in [-0.3, -0.25) is 9.59 Å². The molecule has 0 saturated carbocycles. The van der Waals surface area contributed by atoms with E-state index in [2.05, 4.69) is 5.32 Å². The molecule has 0 spiro atoms. The third kappa shape index (κ3) is 6.22. The third-order valence-electron chi connectivity index (χ3n) is 6.42. The molecule has 1 fully saturated rings. The molecule has 36 heavy (non-hydrogen) atoms. The molecule has 0 aromatic heterocycles. The van der Waals surface area contributed by atoms with Crippen LogP contribution in [0, 0.1) is 6.92 Å². The molecule has 0 bridgehead atoms. The highest BCUT2D eigenvalue weighted by atomic mass is 35.5. The van der Waals surface area contributed by atoms with E-state index in [1.807, 2.05) is 49.1 Å². The third-order valence-corrected chi connectivity index (χ3v) is 7.34. The van der Waals surface area contributed by atoms with Gasteiger partial charge in [-0.05, 0) is 73.2 Å². The van der Waals surface area contributed by atoms with Crippen LogP contribution in [0.5, 0.6) is 0 Å². The highest BCUT2D eigenvalue weighted by Crippen LogP contribution is 2.26. The number of amides is 2. The monoisotopic (exact) mass is 524 g/mol. The highest BCUT2D eigenvalue weighted by molar-refractivity contribution is 7.78. The van der Waals surface area contributed by atoms with Gasteiger partial charge in [0.05, 0.1) is 11.8 Å². The molecule has 1 aliphatic rings. The van der Waals surface area contributed by atoms with Crippen LogP contribution in [0.1, 0.15) is 63.2 Å². The quantitative estimate of drug-likeness (QED) is 0.384. The standard InChI is InChI=1S/C28H29ClN2O4S/c1-18-5-7-20(8-6-18)22-14-23(16-24(15-22)28(33)31-11-3-4-12-31)27(32)30-19(2)21-9-10-26(29)25(13-21)17-36(34)35/h5-10,13-16,19H,3-4,11-12,17H2,1-2H3,(H,30,32)(H,34,35). The summed E-state index contributed by atoms with van der Waals surface area (Å²) in [5.41, 5.74) is 5.05. The second-order valence-corrected chi connectivity index (χ2v) is 10.5. The van der Waals surface area contributed by atoms with Crippen molar-refractivity contribution in [2.75, 3.05) is 13.1 Å². The van der Waals surface area contributed by atoms with Gasteiger partial charge in [-0.2, -0.15) is 0 Å². The van der Waals surface area contributed by atoms with Gasteiger partial charge in [-0.1, -0.05) is 53.6 Å². The molecule has 1 heterocycles. The van der Waals surface area contributed by atoms with E-state index in [1.54, 1.807) is 30.3 Å². The number of carbonyl (C=O) groups is 2. The van der Waals surface area contributed by atoms with Crippen LogP contribution in [0.15, 0.2) is 60.7 Å². The van der Waals surface area contributed by atoms with E-state index >= 15 is 0 Å². The van der Waals surface area contributed by atoms with Crippen LogP contribution in [0.3, 0.4) is 0 Å². The largest absolute Gasteiger partial charge is 0.346 e. The average molecular weight is 525 g/mol. The Hall–Kier alpha value is -3.00. The Kier molecular flexibility index (Phi) is 8.24. The van der Waals surface area contributed by atoms with Gasteiger partial charge in [0.25, 0.3) is 11.8 Å². The molecular weight excluding hydrogens is 496 g/mol. The molecule has 2 unspecified atom stereocenters. The van der Waals surface area contributed by atoms with Crippen molar-refractivity contribution < 1.29 is 18.4 Å². The number of benzene rings is 3. The fourth-order valence-electron chi connectivity index (χ4n) is 4.37. The van der Waals surface area contributed by atoms with Gasteiger partial charge in [-0.15, -0.1) is 0 Å². The van der Waals surface area contributed by atoms with Gasteiger partial charge in [0, 0.05) is 29.2 Å². The van der Waals surface area contributed by atoms with Crippen molar-refractivity contribution in [3.05, 3.63) is 93.5 Å². The van der Waals surface area contributed by atoms with Crippen molar-refractivity contribution in [1.82, 2.24) is 10.2 Å². The number of hydrogen-bond acceptors (Lipinski definition) is 3. The van der Waals surface area contributed by atoms with E-state index in [1.165, 1.54) is 0 Å². The van der Waals surface area contributed by atoms with Crippen molar-refractivity contribution >= 4 is 34.5 Å². The van der Waals surface area contributed by atoms with E-state index in [0.29, 0.717) is 21.7 Å². The molecule has 2 amide bonds. The normalized spacial score (nSPS) is 14.9. The molecule has 4 rings (SSSR count). The van der Waals surface area contributed by atoms with Gasteiger partial charge in [0.1, 0.15) is 0 Å². The highest BCUT2D eigenvalue weighted by Gasteiger charge is 2.22. The van der Waals surface area contributed by atoms with Crippen LogP contribution in [-0.2, 0) is 16.8 Å². The lowest BCUT2D eigenvalue weighted by molar-refractivity contribution is 0.0793. The summed E-state index contributed by atoms with van der Waals surface area (Å²) in [6, 6.07) is 18.1. The van der Waals surface area contributed by atoms with Crippen LogP contribution in [0.25, 0.3) is 11.1 Å². The van der Waals surface area contributed by atoms with E-state index in [-0.39, 0.29) is 23.6 Å². The summed E-state index contributed by atoms with van der Waals surface area (Å²) in [7, 11) is 0. The Morgan fingerprint density at radius 1 is 1.00 bits per heavy atom. The maximum atomic E-state index is 13.3. The van der Waals surface area contributed by atoms with Crippen LogP contribution in [0.4, 0.5) is 0 Å². The second-order valence-electron chi connectivity index (χ2n) is 9.18. The molecule has 8 heteroatoms. The summed E-state index contributed by atoms with van der Waals surface area (Å²) in [4.78, 5) is 28.4. The number of rotatable bonds is 7. The fourth-order valence-corrected chi connectivity index (χ4v) is 5.14. The molecule has 1 aliphatic heterocycles. The molecule has 0 radical (unpaired) electrons.